The lowest BCUT2D eigenvalue weighted by molar-refractivity contribution is -0.146. The Kier molecular flexibility index (Phi) is 6.70. The molecule has 0 radical (unpaired) electrons. The number of halogens is 2. The number of para-hydroxylation sites is 2. The van der Waals surface area contributed by atoms with E-state index >= 15 is 0 Å². The van der Waals surface area contributed by atoms with E-state index in [1.165, 1.54) is 0 Å². The molecule has 0 unspecified atom stereocenters. The summed E-state index contributed by atoms with van der Waals surface area (Å²) < 4.78 is 42.6. The lowest BCUT2D eigenvalue weighted by Crippen LogP contribution is -2.42. The van der Waals surface area contributed by atoms with Gasteiger partial charge in [0.15, 0.2) is 18.1 Å². The van der Waals surface area contributed by atoms with E-state index in [1.807, 2.05) is 12.1 Å². The van der Waals surface area contributed by atoms with Crippen molar-refractivity contribution in [3.63, 3.8) is 0 Å². The molecule has 1 aliphatic rings. The molecule has 0 fully saturated rings. The molecule has 0 bridgehead atoms. The molecule has 0 aromatic heterocycles. The van der Waals surface area contributed by atoms with Crippen LogP contribution in [0.1, 0.15) is 0 Å². The average molecular weight is 409 g/mol. The third kappa shape index (κ3) is 5.59. The zero-order valence-electron chi connectivity index (χ0n) is 14.7. The molecule has 2 aromatic carbocycles. The molecule has 0 saturated heterocycles. The first-order valence-corrected chi connectivity index (χ1v) is 9.38. The summed E-state index contributed by atoms with van der Waals surface area (Å²) in [7, 11) is 0. The maximum absolute atomic E-state index is 13.5. The molecule has 1 N–H and O–H groups in total. The number of nitrogens with one attached hydrogen (secondary N) is 1. The van der Waals surface area contributed by atoms with Gasteiger partial charge in [-0.25, -0.2) is 8.78 Å². The highest BCUT2D eigenvalue weighted by atomic mass is 32.2. The zero-order valence-corrected chi connectivity index (χ0v) is 15.5. The molecule has 0 saturated carbocycles. The third-order valence-corrected chi connectivity index (χ3v) is 4.70. The number of carbonyl (C=O) groups is 2. The van der Waals surface area contributed by atoms with Crippen molar-refractivity contribution in [1.82, 2.24) is 5.32 Å². The Balaban J connectivity index is 1.35. The zero-order chi connectivity index (χ0) is 19.9. The van der Waals surface area contributed by atoms with E-state index in [2.05, 4.69) is 5.32 Å². The molecular weight excluding hydrogens is 392 g/mol. The second-order valence-corrected chi connectivity index (χ2v) is 6.84. The Labute approximate surface area is 164 Å². The molecule has 0 aliphatic carbocycles. The Hall–Kier alpha value is -2.81. The Bertz CT molecular complexity index is 864. The summed E-state index contributed by atoms with van der Waals surface area (Å²) in [6.07, 6.45) is -0.360. The van der Waals surface area contributed by atoms with E-state index < -0.39 is 30.1 Å². The van der Waals surface area contributed by atoms with Crippen LogP contribution in [0.3, 0.4) is 0 Å². The fraction of sp³-hybridized carbons (Fsp3) is 0.263. The molecule has 1 amide bonds. The highest BCUT2D eigenvalue weighted by molar-refractivity contribution is 8.00. The van der Waals surface area contributed by atoms with Gasteiger partial charge in [-0.05, 0) is 30.3 Å². The summed E-state index contributed by atoms with van der Waals surface area (Å²) in [4.78, 5) is 23.5. The van der Waals surface area contributed by atoms with Crippen molar-refractivity contribution in [3.05, 3.63) is 54.1 Å². The van der Waals surface area contributed by atoms with Crippen LogP contribution >= 0.6 is 11.8 Å². The van der Waals surface area contributed by atoms with Gasteiger partial charge in [0.25, 0.3) is 5.91 Å². The van der Waals surface area contributed by atoms with E-state index in [0.29, 0.717) is 11.5 Å². The van der Waals surface area contributed by atoms with Crippen molar-refractivity contribution < 1.29 is 32.6 Å². The number of hydrogen-bond donors (Lipinski definition) is 1. The summed E-state index contributed by atoms with van der Waals surface area (Å²) >= 11 is 0.793. The molecule has 1 atom stereocenters. The van der Waals surface area contributed by atoms with Crippen LogP contribution in [-0.2, 0) is 14.3 Å². The van der Waals surface area contributed by atoms with Crippen molar-refractivity contribution in [2.24, 2.45) is 0 Å². The van der Waals surface area contributed by atoms with E-state index in [0.717, 1.165) is 30.0 Å². The molecule has 28 heavy (non-hydrogen) atoms. The lowest BCUT2D eigenvalue weighted by Gasteiger charge is -2.26. The molecule has 9 heteroatoms. The van der Waals surface area contributed by atoms with Crippen LogP contribution < -0.4 is 14.8 Å². The van der Waals surface area contributed by atoms with Gasteiger partial charge < -0.3 is 19.5 Å². The minimum atomic E-state index is -0.713. The van der Waals surface area contributed by atoms with Crippen LogP contribution in [0.15, 0.2) is 47.4 Å². The van der Waals surface area contributed by atoms with Gasteiger partial charge in [-0.2, -0.15) is 0 Å². The Morgan fingerprint density at radius 3 is 2.79 bits per heavy atom. The van der Waals surface area contributed by atoms with Crippen LogP contribution in [0.4, 0.5) is 8.78 Å². The van der Waals surface area contributed by atoms with Crippen LogP contribution in [-0.4, -0.2) is 43.5 Å². The third-order valence-electron chi connectivity index (χ3n) is 3.70. The molecule has 148 valence electrons. The summed E-state index contributed by atoms with van der Waals surface area (Å²) in [5, 5.41) is 2.59. The van der Waals surface area contributed by atoms with Gasteiger partial charge in [0.05, 0.1) is 12.3 Å². The Morgan fingerprint density at radius 1 is 1.18 bits per heavy atom. The highest BCUT2D eigenvalue weighted by Gasteiger charge is 2.21. The monoisotopic (exact) mass is 409 g/mol. The second kappa shape index (κ2) is 9.41. The van der Waals surface area contributed by atoms with Gasteiger partial charge in [0.1, 0.15) is 24.3 Å². The normalized spacial score (nSPS) is 15.0. The largest absolute Gasteiger partial charge is 0.486 e. The molecular formula is C19H17F2NO5S. The number of rotatable bonds is 7. The van der Waals surface area contributed by atoms with Gasteiger partial charge in [0.2, 0.25) is 0 Å². The maximum atomic E-state index is 13.5. The number of esters is 1. The fourth-order valence-electron chi connectivity index (χ4n) is 2.35. The standard InChI is InChI=1S/C19H17F2NO5S/c20-12-5-6-14(21)17(7-12)28-11-19(24)26-10-18(23)22-8-13-9-25-15-3-1-2-4-16(15)27-13/h1-7,13H,8-11H2,(H,22,23)/t13-/m1/s1. The maximum Gasteiger partial charge on any atom is 0.316 e. The number of benzene rings is 2. The molecule has 1 aliphatic heterocycles. The summed E-state index contributed by atoms with van der Waals surface area (Å²) in [6, 6.07) is 10.2. The number of hydrogen-bond acceptors (Lipinski definition) is 6. The van der Waals surface area contributed by atoms with Gasteiger partial charge in [-0.1, -0.05) is 12.1 Å². The molecule has 6 nitrogen and oxygen atoms in total. The molecule has 2 aromatic rings. The first-order chi connectivity index (χ1) is 13.5. The highest BCUT2D eigenvalue weighted by Crippen LogP contribution is 2.30. The molecule has 0 spiro atoms. The quantitative estimate of drug-likeness (QED) is 0.560. The van der Waals surface area contributed by atoms with Crippen molar-refractivity contribution in [3.8, 4) is 11.5 Å². The van der Waals surface area contributed by atoms with E-state index in [1.54, 1.807) is 12.1 Å². The summed E-state index contributed by atoms with van der Waals surface area (Å²) in [5.74, 6) is -1.45. The molecule has 3 rings (SSSR count). The van der Waals surface area contributed by atoms with Gasteiger partial charge >= 0.3 is 5.97 Å². The number of carbonyl (C=O) groups excluding carboxylic acids is 2. The summed E-state index contributed by atoms with van der Waals surface area (Å²) in [6.45, 7) is -0.00389. The van der Waals surface area contributed by atoms with Crippen LogP contribution in [0.5, 0.6) is 11.5 Å². The Morgan fingerprint density at radius 2 is 1.96 bits per heavy atom. The molecule has 1 heterocycles. The van der Waals surface area contributed by atoms with Crippen molar-refractivity contribution in [2.75, 3.05) is 25.5 Å². The van der Waals surface area contributed by atoms with Gasteiger partial charge in [-0.15, -0.1) is 11.8 Å². The predicted molar refractivity (Wildman–Crippen MR) is 97.4 cm³/mol. The van der Waals surface area contributed by atoms with Crippen molar-refractivity contribution in [1.29, 1.82) is 0 Å². The van der Waals surface area contributed by atoms with Crippen LogP contribution in [0.25, 0.3) is 0 Å². The number of amides is 1. The minimum absolute atomic E-state index is 0.00358. The van der Waals surface area contributed by atoms with Gasteiger partial charge in [-0.3, -0.25) is 9.59 Å². The number of fused-ring (bicyclic) bond motifs is 1. The number of thioether (sulfide) groups is 1. The SMILES string of the molecule is O=C(COC(=O)CSc1cc(F)ccc1F)NC[C@@H]1COc2ccccc2O1. The van der Waals surface area contributed by atoms with Gasteiger partial charge in [0, 0.05) is 4.90 Å². The van der Waals surface area contributed by atoms with E-state index in [-0.39, 0.29) is 29.9 Å². The van der Waals surface area contributed by atoms with Crippen molar-refractivity contribution in [2.45, 2.75) is 11.0 Å². The fourth-order valence-corrected chi connectivity index (χ4v) is 3.11. The second-order valence-electron chi connectivity index (χ2n) is 5.83. The van der Waals surface area contributed by atoms with E-state index in [4.69, 9.17) is 14.2 Å². The van der Waals surface area contributed by atoms with E-state index in [9.17, 15) is 18.4 Å². The van der Waals surface area contributed by atoms with Crippen molar-refractivity contribution >= 4 is 23.6 Å². The minimum Gasteiger partial charge on any atom is -0.486 e. The predicted octanol–water partition coefficient (Wildman–Crippen LogP) is 2.56. The smallest absolute Gasteiger partial charge is 0.316 e. The average Bonchev–Trinajstić information content (AvgIpc) is 2.71. The topological polar surface area (TPSA) is 73.9 Å². The van der Waals surface area contributed by atoms with Crippen LogP contribution in [0, 0.1) is 11.6 Å². The lowest BCUT2D eigenvalue weighted by atomic mass is 10.2. The van der Waals surface area contributed by atoms with Crippen LogP contribution in [0.2, 0.25) is 0 Å². The first kappa shape index (κ1) is 19.9. The number of ether oxygens (including phenoxy) is 3. The summed E-state index contributed by atoms with van der Waals surface area (Å²) in [5.41, 5.74) is 0. The first-order valence-electron chi connectivity index (χ1n) is 8.40.